The van der Waals surface area contributed by atoms with Gasteiger partial charge in [-0.25, -0.2) is 9.97 Å². The van der Waals surface area contributed by atoms with Crippen LogP contribution in [0.15, 0.2) is 54.7 Å². The van der Waals surface area contributed by atoms with Gasteiger partial charge >= 0.3 is 0 Å². The van der Waals surface area contributed by atoms with Crippen molar-refractivity contribution >= 4 is 23.1 Å². The largest absolute Gasteiger partial charge is 0.492 e. The summed E-state index contributed by atoms with van der Waals surface area (Å²) < 4.78 is 11.3. The summed E-state index contributed by atoms with van der Waals surface area (Å²) in [4.78, 5) is 25.7. The van der Waals surface area contributed by atoms with Crippen molar-refractivity contribution < 1.29 is 14.3 Å². The summed E-state index contributed by atoms with van der Waals surface area (Å²) in [6.07, 6.45) is 3.02. The zero-order valence-corrected chi connectivity index (χ0v) is 22.4. The van der Waals surface area contributed by atoms with Gasteiger partial charge in [0.2, 0.25) is 5.91 Å². The third-order valence-electron chi connectivity index (χ3n) is 7.79. The maximum atomic E-state index is 11.6. The lowest BCUT2D eigenvalue weighted by Gasteiger charge is -2.43. The van der Waals surface area contributed by atoms with E-state index in [1.54, 1.807) is 18.3 Å². The van der Waals surface area contributed by atoms with E-state index in [2.05, 4.69) is 60.7 Å². The van der Waals surface area contributed by atoms with Gasteiger partial charge in [-0.1, -0.05) is 0 Å². The molecule has 206 valence electrons. The number of hydrogen-bond donors (Lipinski definition) is 2. The Labute approximate surface area is 233 Å². The first kappa shape index (κ1) is 26.0. The van der Waals surface area contributed by atoms with E-state index in [1.165, 1.54) is 5.69 Å². The number of carbonyl (C=O) groups is 1. The van der Waals surface area contributed by atoms with Crippen LogP contribution in [0.3, 0.4) is 0 Å². The van der Waals surface area contributed by atoms with E-state index in [1.807, 2.05) is 12.1 Å². The van der Waals surface area contributed by atoms with Gasteiger partial charge in [0.1, 0.15) is 17.6 Å². The van der Waals surface area contributed by atoms with Crippen molar-refractivity contribution in [1.82, 2.24) is 20.2 Å². The molecule has 4 heterocycles. The Morgan fingerprint density at radius 3 is 2.65 bits per heavy atom. The number of carbonyl (C=O) groups excluding carboxylic acids is 1. The highest BCUT2D eigenvalue weighted by Crippen LogP contribution is 2.27. The van der Waals surface area contributed by atoms with Crippen molar-refractivity contribution in [3.8, 4) is 23.2 Å². The Kier molecular flexibility index (Phi) is 7.75. The Morgan fingerprint density at radius 1 is 1.10 bits per heavy atom. The smallest absolute Gasteiger partial charge is 0.220 e. The predicted octanol–water partition coefficient (Wildman–Crippen LogP) is 3.18. The number of ether oxygens (including phenoxy) is 2. The van der Waals surface area contributed by atoms with Crippen LogP contribution in [0.4, 0.5) is 17.2 Å². The molecule has 1 amide bonds. The molecule has 3 saturated heterocycles. The molecule has 10 heteroatoms. The molecule has 2 N–H and O–H groups in total. The number of rotatable bonds is 8. The number of benzene rings is 2. The molecule has 1 aromatic heterocycles. The lowest BCUT2D eigenvalue weighted by molar-refractivity contribution is -0.123. The fraction of sp³-hybridized carbons (Fsp3) is 0.400. The first-order valence-corrected chi connectivity index (χ1v) is 13.9. The third-order valence-corrected chi connectivity index (χ3v) is 7.79. The van der Waals surface area contributed by atoms with Gasteiger partial charge < -0.3 is 25.0 Å². The molecule has 0 spiro atoms. The minimum absolute atomic E-state index is 0.0473. The third kappa shape index (κ3) is 6.01. The van der Waals surface area contributed by atoms with Crippen molar-refractivity contribution in [2.45, 2.75) is 18.9 Å². The standard InChI is InChI=1S/C30H33N7O3/c31-17-23-16-22(1-6-27(23)40-18-21-7-9-32-29(38)15-21)30-33-10-8-28(35-30)34-24-2-4-25(5-3-24)36-11-13-37(14-12-36)26-19-39-20-26/h1-6,8,10,16,21,26H,7,9,11-15,18-20H2,(H,32,38)(H,33,34,35). The van der Waals surface area contributed by atoms with E-state index in [9.17, 15) is 10.1 Å². The molecule has 2 aromatic carbocycles. The summed E-state index contributed by atoms with van der Waals surface area (Å²) >= 11 is 0. The summed E-state index contributed by atoms with van der Waals surface area (Å²) in [6.45, 7) is 6.98. The summed E-state index contributed by atoms with van der Waals surface area (Å²) in [5.41, 5.74) is 3.30. The quantitative estimate of drug-likeness (QED) is 0.445. The lowest BCUT2D eigenvalue weighted by atomic mass is 9.99. The normalized spacial score (nSPS) is 19.8. The number of amides is 1. The minimum Gasteiger partial charge on any atom is -0.492 e. The molecule has 3 fully saturated rings. The van der Waals surface area contributed by atoms with Gasteiger partial charge in [-0.3, -0.25) is 9.69 Å². The van der Waals surface area contributed by atoms with Gasteiger partial charge in [0.05, 0.1) is 31.4 Å². The number of piperidine rings is 1. The Hall–Kier alpha value is -4.20. The number of nitrogens with one attached hydrogen (secondary N) is 2. The molecule has 3 aliphatic heterocycles. The highest BCUT2D eigenvalue weighted by molar-refractivity contribution is 5.76. The van der Waals surface area contributed by atoms with E-state index >= 15 is 0 Å². The molecule has 6 rings (SSSR count). The van der Waals surface area contributed by atoms with Crippen molar-refractivity contribution in [1.29, 1.82) is 5.26 Å². The van der Waals surface area contributed by atoms with Gasteiger partial charge in [-0.2, -0.15) is 5.26 Å². The first-order chi connectivity index (χ1) is 19.6. The van der Waals surface area contributed by atoms with E-state index in [0.29, 0.717) is 48.6 Å². The SMILES string of the molecule is N#Cc1cc(-c2nccc(Nc3ccc(N4CCN(C5COC5)CC4)cc3)n2)ccc1OCC1CCNC(=O)C1. The molecule has 1 atom stereocenters. The average Bonchev–Trinajstić information content (AvgIpc) is 2.96. The van der Waals surface area contributed by atoms with Gasteiger partial charge in [0, 0.05) is 68.2 Å². The van der Waals surface area contributed by atoms with Crippen molar-refractivity contribution in [3.05, 3.63) is 60.3 Å². The van der Waals surface area contributed by atoms with Crippen LogP contribution >= 0.6 is 0 Å². The van der Waals surface area contributed by atoms with Gasteiger partial charge in [0.15, 0.2) is 5.82 Å². The number of anilines is 3. The second-order valence-electron chi connectivity index (χ2n) is 10.5. The molecule has 3 aliphatic rings. The van der Waals surface area contributed by atoms with E-state index < -0.39 is 0 Å². The summed E-state index contributed by atoms with van der Waals surface area (Å²) in [7, 11) is 0. The molecular weight excluding hydrogens is 506 g/mol. The maximum absolute atomic E-state index is 11.6. The molecule has 10 nitrogen and oxygen atoms in total. The van der Waals surface area contributed by atoms with Crippen molar-refractivity contribution in [2.24, 2.45) is 5.92 Å². The van der Waals surface area contributed by atoms with E-state index in [0.717, 1.165) is 57.1 Å². The Morgan fingerprint density at radius 2 is 1.93 bits per heavy atom. The van der Waals surface area contributed by atoms with Crippen LogP contribution in [0.1, 0.15) is 18.4 Å². The molecule has 0 radical (unpaired) electrons. The van der Waals surface area contributed by atoms with Crippen LogP contribution < -0.4 is 20.3 Å². The molecule has 0 saturated carbocycles. The summed E-state index contributed by atoms with van der Waals surface area (Å²) in [6, 6.07) is 18.4. The second-order valence-corrected chi connectivity index (χ2v) is 10.5. The highest BCUT2D eigenvalue weighted by atomic mass is 16.5. The van der Waals surface area contributed by atoms with Crippen LogP contribution in [0.2, 0.25) is 0 Å². The number of nitriles is 1. The van der Waals surface area contributed by atoms with Gasteiger partial charge in [0.25, 0.3) is 0 Å². The summed E-state index contributed by atoms with van der Waals surface area (Å²) in [5, 5.41) is 15.9. The first-order valence-electron chi connectivity index (χ1n) is 13.9. The monoisotopic (exact) mass is 539 g/mol. The lowest BCUT2D eigenvalue weighted by Crippen LogP contribution is -2.56. The maximum Gasteiger partial charge on any atom is 0.220 e. The topological polar surface area (TPSA) is 116 Å². The fourth-order valence-corrected chi connectivity index (χ4v) is 5.33. The summed E-state index contributed by atoms with van der Waals surface area (Å²) in [5.74, 6) is 1.89. The Balaban J connectivity index is 1.07. The molecule has 1 unspecified atom stereocenters. The van der Waals surface area contributed by atoms with Crippen LogP contribution in [0, 0.1) is 17.2 Å². The molecule has 3 aromatic rings. The molecule has 0 aliphatic carbocycles. The zero-order chi connectivity index (χ0) is 27.3. The number of aromatic nitrogens is 2. The van der Waals surface area contributed by atoms with Crippen LogP contribution in [0.5, 0.6) is 5.75 Å². The second kappa shape index (κ2) is 11.9. The average molecular weight is 540 g/mol. The molecule has 0 bridgehead atoms. The molecule has 40 heavy (non-hydrogen) atoms. The number of piperazine rings is 1. The molecular formula is C30H33N7O3. The number of nitrogens with zero attached hydrogens (tertiary/aromatic N) is 5. The minimum atomic E-state index is 0.0473. The Bertz CT molecular complexity index is 1380. The number of hydrogen-bond acceptors (Lipinski definition) is 9. The van der Waals surface area contributed by atoms with Gasteiger partial charge in [-0.15, -0.1) is 0 Å². The van der Waals surface area contributed by atoms with Crippen LogP contribution in [0.25, 0.3) is 11.4 Å². The fourth-order valence-electron chi connectivity index (χ4n) is 5.33. The predicted molar refractivity (Wildman–Crippen MR) is 152 cm³/mol. The van der Waals surface area contributed by atoms with Crippen molar-refractivity contribution in [3.63, 3.8) is 0 Å². The van der Waals surface area contributed by atoms with Crippen LogP contribution in [-0.2, 0) is 9.53 Å². The van der Waals surface area contributed by atoms with E-state index in [-0.39, 0.29) is 11.8 Å². The van der Waals surface area contributed by atoms with E-state index in [4.69, 9.17) is 9.47 Å². The zero-order valence-electron chi connectivity index (χ0n) is 22.4. The van der Waals surface area contributed by atoms with Crippen molar-refractivity contribution in [2.75, 3.05) is 62.8 Å². The van der Waals surface area contributed by atoms with Gasteiger partial charge in [-0.05, 0) is 55.0 Å². The highest BCUT2D eigenvalue weighted by Gasteiger charge is 2.29. The van der Waals surface area contributed by atoms with Crippen LogP contribution in [-0.4, -0.2) is 79.4 Å².